The van der Waals surface area contributed by atoms with Crippen molar-refractivity contribution in [1.29, 1.82) is 0 Å². The lowest BCUT2D eigenvalue weighted by Crippen LogP contribution is -2.55. The average molecular weight is 320 g/mol. The number of amides is 1. The molecule has 2 rings (SSSR count). The number of piperidine rings is 1. The van der Waals surface area contributed by atoms with Crippen LogP contribution in [0.3, 0.4) is 0 Å². The first-order chi connectivity index (χ1) is 10.8. The molecule has 0 saturated carbocycles. The minimum atomic E-state index is -0.466. The highest BCUT2D eigenvalue weighted by Crippen LogP contribution is 2.28. The highest BCUT2D eigenvalue weighted by atomic mass is 16.5. The van der Waals surface area contributed by atoms with E-state index in [2.05, 4.69) is 13.8 Å². The summed E-state index contributed by atoms with van der Waals surface area (Å²) in [5, 5.41) is 0. The molecule has 1 aromatic carbocycles. The molecular weight excluding hydrogens is 292 g/mol. The Morgan fingerprint density at radius 1 is 1.48 bits per heavy atom. The van der Waals surface area contributed by atoms with Crippen molar-refractivity contribution in [3.63, 3.8) is 0 Å². The van der Waals surface area contributed by atoms with Crippen LogP contribution in [0.25, 0.3) is 0 Å². The van der Waals surface area contributed by atoms with E-state index in [9.17, 15) is 4.79 Å². The minimum Gasteiger partial charge on any atom is -0.497 e. The van der Waals surface area contributed by atoms with Gasteiger partial charge >= 0.3 is 0 Å². The van der Waals surface area contributed by atoms with Crippen LogP contribution in [0.2, 0.25) is 0 Å². The molecule has 2 N–H and O–H groups in total. The van der Waals surface area contributed by atoms with Crippen LogP contribution in [0.4, 0.5) is 0 Å². The maximum atomic E-state index is 12.6. The standard InChI is InChI=1S/C18H28N2O3/c1-13(23-11-14-6-5-7-15(10-14)22-4)17(21)20-9-8-16(19)18(2,3)12-20/h5-7,10,13,16H,8-9,11-12,19H2,1-4H3. The number of carbonyl (C=O) groups is 1. The number of ether oxygens (including phenoxy) is 2. The second-order valence-electron chi connectivity index (χ2n) is 6.95. The van der Waals surface area contributed by atoms with Gasteiger partial charge in [-0.25, -0.2) is 0 Å². The van der Waals surface area contributed by atoms with Gasteiger partial charge in [-0.3, -0.25) is 4.79 Å². The van der Waals surface area contributed by atoms with E-state index in [0.29, 0.717) is 19.7 Å². The van der Waals surface area contributed by atoms with Gasteiger partial charge in [0, 0.05) is 19.1 Å². The molecule has 2 atom stereocenters. The molecule has 128 valence electrons. The minimum absolute atomic E-state index is 0.0351. The number of carbonyl (C=O) groups excluding carboxylic acids is 1. The summed E-state index contributed by atoms with van der Waals surface area (Å²) in [6.07, 6.45) is 0.368. The van der Waals surface area contributed by atoms with Crippen LogP contribution < -0.4 is 10.5 Å². The number of methoxy groups -OCH3 is 1. The van der Waals surface area contributed by atoms with E-state index in [1.807, 2.05) is 36.1 Å². The Morgan fingerprint density at radius 2 is 2.22 bits per heavy atom. The Hall–Kier alpha value is -1.59. The lowest BCUT2D eigenvalue weighted by atomic mass is 9.79. The molecule has 5 heteroatoms. The van der Waals surface area contributed by atoms with Crippen LogP contribution in [0.5, 0.6) is 5.75 Å². The van der Waals surface area contributed by atoms with Crippen molar-refractivity contribution in [3.8, 4) is 5.75 Å². The molecule has 1 aromatic rings. The third-order valence-corrected chi connectivity index (χ3v) is 4.61. The zero-order valence-corrected chi connectivity index (χ0v) is 14.5. The summed E-state index contributed by atoms with van der Waals surface area (Å²) in [5.41, 5.74) is 7.07. The molecule has 1 amide bonds. The van der Waals surface area contributed by atoms with Gasteiger partial charge < -0.3 is 20.1 Å². The van der Waals surface area contributed by atoms with Crippen LogP contribution in [-0.4, -0.2) is 43.2 Å². The largest absolute Gasteiger partial charge is 0.497 e. The number of likely N-dealkylation sites (tertiary alicyclic amines) is 1. The van der Waals surface area contributed by atoms with Gasteiger partial charge in [0.2, 0.25) is 0 Å². The molecule has 0 aromatic heterocycles. The Bertz CT molecular complexity index is 545. The summed E-state index contributed by atoms with van der Waals surface area (Å²) in [5.74, 6) is 0.824. The molecule has 0 spiro atoms. The normalized spacial score (nSPS) is 21.8. The van der Waals surface area contributed by atoms with Crippen molar-refractivity contribution >= 4 is 5.91 Å². The fourth-order valence-electron chi connectivity index (χ4n) is 2.87. The quantitative estimate of drug-likeness (QED) is 0.903. The second-order valence-corrected chi connectivity index (χ2v) is 6.95. The predicted molar refractivity (Wildman–Crippen MR) is 90.2 cm³/mol. The van der Waals surface area contributed by atoms with Crippen molar-refractivity contribution in [2.24, 2.45) is 11.1 Å². The zero-order valence-electron chi connectivity index (χ0n) is 14.5. The molecule has 0 bridgehead atoms. The van der Waals surface area contributed by atoms with Crippen LogP contribution in [0.1, 0.15) is 32.8 Å². The number of rotatable bonds is 5. The monoisotopic (exact) mass is 320 g/mol. The fourth-order valence-corrected chi connectivity index (χ4v) is 2.87. The molecule has 1 aliphatic rings. The van der Waals surface area contributed by atoms with E-state index in [-0.39, 0.29) is 17.4 Å². The predicted octanol–water partition coefficient (Wildman–Crippen LogP) is 2.19. The van der Waals surface area contributed by atoms with Crippen LogP contribution >= 0.6 is 0 Å². The van der Waals surface area contributed by atoms with E-state index in [1.54, 1.807) is 7.11 Å². The number of nitrogens with two attached hydrogens (primary N) is 1. The molecule has 0 aliphatic carbocycles. The third kappa shape index (κ3) is 4.45. The first-order valence-electron chi connectivity index (χ1n) is 8.12. The van der Waals surface area contributed by atoms with E-state index < -0.39 is 6.10 Å². The number of hydrogen-bond donors (Lipinski definition) is 1. The number of nitrogens with zero attached hydrogens (tertiary/aromatic N) is 1. The molecular formula is C18H28N2O3. The van der Waals surface area contributed by atoms with E-state index >= 15 is 0 Å². The maximum Gasteiger partial charge on any atom is 0.251 e. The molecule has 1 fully saturated rings. The van der Waals surface area contributed by atoms with Gasteiger partial charge in [0.25, 0.3) is 5.91 Å². The van der Waals surface area contributed by atoms with Crippen molar-refractivity contribution < 1.29 is 14.3 Å². The van der Waals surface area contributed by atoms with E-state index in [4.69, 9.17) is 15.2 Å². The second kappa shape index (κ2) is 7.32. The molecule has 5 nitrogen and oxygen atoms in total. The van der Waals surface area contributed by atoms with Crippen molar-refractivity contribution in [2.45, 2.75) is 45.9 Å². The van der Waals surface area contributed by atoms with Gasteiger partial charge in [-0.05, 0) is 36.5 Å². The Kier molecular flexibility index (Phi) is 5.65. The fraction of sp³-hybridized carbons (Fsp3) is 0.611. The van der Waals surface area contributed by atoms with E-state index in [1.165, 1.54) is 0 Å². The molecule has 1 saturated heterocycles. The summed E-state index contributed by atoms with van der Waals surface area (Å²) >= 11 is 0. The van der Waals surface area contributed by atoms with Gasteiger partial charge in [-0.15, -0.1) is 0 Å². The Balaban J connectivity index is 1.90. The summed E-state index contributed by atoms with van der Waals surface area (Å²) in [4.78, 5) is 14.4. The summed E-state index contributed by atoms with van der Waals surface area (Å²) in [6.45, 7) is 7.80. The summed E-state index contributed by atoms with van der Waals surface area (Å²) < 4.78 is 11.0. The first-order valence-corrected chi connectivity index (χ1v) is 8.12. The highest BCUT2D eigenvalue weighted by Gasteiger charge is 2.36. The molecule has 0 radical (unpaired) electrons. The first kappa shape index (κ1) is 17.8. The van der Waals surface area contributed by atoms with Gasteiger partial charge in [-0.1, -0.05) is 26.0 Å². The lowest BCUT2D eigenvalue weighted by Gasteiger charge is -2.43. The van der Waals surface area contributed by atoms with Crippen molar-refractivity contribution in [2.75, 3.05) is 20.2 Å². The van der Waals surface area contributed by atoms with Crippen molar-refractivity contribution in [1.82, 2.24) is 4.90 Å². The Morgan fingerprint density at radius 3 is 2.87 bits per heavy atom. The summed E-state index contributed by atoms with van der Waals surface area (Å²) in [6, 6.07) is 7.82. The summed E-state index contributed by atoms with van der Waals surface area (Å²) in [7, 11) is 1.63. The molecule has 1 aliphatic heterocycles. The molecule has 1 heterocycles. The molecule has 2 unspecified atom stereocenters. The average Bonchev–Trinajstić information content (AvgIpc) is 2.54. The van der Waals surface area contributed by atoms with Gasteiger partial charge in [0.05, 0.1) is 13.7 Å². The lowest BCUT2D eigenvalue weighted by molar-refractivity contribution is -0.146. The van der Waals surface area contributed by atoms with Gasteiger partial charge in [0.1, 0.15) is 11.9 Å². The maximum absolute atomic E-state index is 12.6. The van der Waals surface area contributed by atoms with Crippen molar-refractivity contribution in [3.05, 3.63) is 29.8 Å². The third-order valence-electron chi connectivity index (χ3n) is 4.61. The van der Waals surface area contributed by atoms with Gasteiger partial charge in [0.15, 0.2) is 0 Å². The Labute approximate surface area is 138 Å². The van der Waals surface area contributed by atoms with Crippen LogP contribution in [0.15, 0.2) is 24.3 Å². The molecule has 23 heavy (non-hydrogen) atoms. The van der Waals surface area contributed by atoms with E-state index in [0.717, 1.165) is 17.7 Å². The van der Waals surface area contributed by atoms with Gasteiger partial charge in [-0.2, -0.15) is 0 Å². The number of hydrogen-bond acceptors (Lipinski definition) is 4. The van der Waals surface area contributed by atoms with Crippen LogP contribution in [-0.2, 0) is 16.1 Å². The van der Waals surface area contributed by atoms with Crippen LogP contribution in [0, 0.1) is 5.41 Å². The SMILES string of the molecule is COc1cccc(COC(C)C(=O)N2CCC(N)C(C)(C)C2)c1. The highest BCUT2D eigenvalue weighted by molar-refractivity contribution is 5.80. The number of benzene rings is 1. The topological polar surface area (TPSA) is 64.8 Å². The smallest absolute Gasteiger partial charge is 0.251 e. The zero-order chi connectivity index (χ0) is 17.0.